The summed E-state index contributed by atoms with van der Waals surface area (Å²) in [5, 5.41) is 7.80. The maximum Gasteiger partial charge on any atom is 0.191 e. The van der Waals surface area contributed by atoms with Gasteiger partial charge in [-0.3, -0.25) is 9.98 Å². The van der Waals surface area contributed by atoms with Gasteiger partial charge in [0.15, 0.2) is 5.96 Å². The molecule has 20 heavy (non-hydrogen) atoms. The molecule has 0 fully saturated rings. The zero-order chi connectivity index (χ0) is 14.4. The van der Waals surface area contributed by atoms with Crippen LogP contribution in [-0.2, 0) is 6.54 Å². The van der Waals surface area contributed by atoms with Crippen LogP contribution in [0.5, 0.6) is 0 Å². The lowest BCUT2D eigenvalue weighted by molar-refractivity contribution is 0.615. The highest BCUT2D eigenvalue weighted by molar-refractivity contribution is 5.83. The van der Waals surface area contributed by atoms with Gasteiger partial charge in [0.05, 0.1) is 5.52 Å². The first-order chi connectivity index (χ1) is 9.70. The van der Waals surface area contributed by atoms with Crippen LogP contribution in [0.2, 0.25) is 0 Å². The summed E-state index contributed by atoms with van der Waals surface area (Å²) in [6.45, 7) is 5.98. The summed E-state index contributed by atoms with van der Waals surface area (Å²) in [6, 6.07) is 10.3. The molecule has 0 amide bonds. The number of fused-ring (bicyclic) bond motifs is 1. The van der Waals surface area contributed by atoms with E-state index in [1.807, 2.05) is 12.3 Å². The Morgan fingerprint density at radius 3 is 2.75 bits per heavy atom. The number of hydrogen-bond donors (Lipinski definition) is 2. The molecule has 0 aliphatic heterocycles. The van der Waals surface area contributed by atoms with Gasteiger partial charge in [-0.05, 0) is 17.5 Å². The highest BCUT2D eigenvalue weighted by Crippen LogP contribution is 2.15. The van der Waals surface area contributed by atoms with Crippen LogP contribution in [-0.4, -0.2) is 24.5 Å². The van der Waals surface area contributed by atoms with E-state index in [0.717, 1.165) is 23.4 Å². The van der Waals surface area contributed by atoms with Crippen molar-refractivity contribution in [3.8, 4) is 0 Å². The van der Waals surface area contributed by atoms with Gasteiger partial charge in [0.1, 0.15) is 0 Å². The highest BCUT2D eigenvalue weighted by atomic mass is 15.2. The molecule has 106 valence electrons. The van der Waals surface area contributed by atoms with Crippen molar-refractivity contribution in [2.45, 2.75) is 20.4 Å². The smallest absolute Gasteiger partial charge is 0.191 e. The Morgan fingerprint density at radius 2 is 2.00 bits per heavy atom. The third kappa shape index (κ3) is 3.70. The van der Waals surface area contributed by atoms with Gasteiger partial charge in [-0.25, -0.2) is 0 Å². The molecule has 0 aliphatic carbocycles. The van der Waals surface area contributed by atoms with Crippen molar-refractivity contribution in [1.82, 2.24) is 15.6 Å². The molecule has 0 aliphatic rings. The molecule has 0 saturated carbocycles. The Bertz CT molecular complexity index is 585. The summed E-state index contributed by atoms with van der Waals surface area (Å²) in [7, 11) is 1.79. The standard InChI is InChI=1S/C16H22N4/c1-12(2)10-19-16(17-3)20-11-14-7-4-6-13-8-5-9-18-15(13)14/h4-9,12H,10-11H2,1-3H3,(H2,17,19,20). The van der Waals surface area contributed by atoms with E-state index in [0.29, 0.717) is 12.5 Å². The topological polar surface area (TPSA) is 49.3 Å². The van der Waals surface area contributed by atoms with Crippen LogP contribution in [0, 0.1) is 5.92 Å². The number of aliphatic imine (C=N–C) groups is 1. The number of aromatic nitrogens is 1. The number of guanidine groups is 1. The minimum Gasteiger partial charge on any atom is -0.356 e. The molecule has 2 aromatic rings. The average molecular weight is 270 g/mol. The Morgan fingerprint density at radius 1 is 1.20 bits per heavy atom. The molecule has 4 nitrogen and oxygen atoms in total. The van der Waals surface area contributed by atoms with E-state index in [4.69, 9.17) is 0 Å². The van der Waals surface area contributed by atoms with E-state index < -0.39 is 0 Å². The second kappa shape index (κ2) is 6.89. The average Bonchev–Trinajstić information content (AvgIpc) is 2.47. The van der Waals surface area contributed by atoms with Crippen LogP contribution in [0.1, 0.15) is 19.4 Å². The maximum absolute atomic E-state index is 4.46. The maximum atomic E-state index is 4.46. The van der Waals surface area contributed by atoms with Gasteiger partial charge in [0, 0.05) is 31.7 Å². The van der Waals surface area contributed by atoms with Gasteiger partial charge in [0.25, 0.3) is 0 Å². The van der Waals surface area contributed by atoms with Crippen molar-refractivity contribution in [3.63, 3.8) is 0 Å². The summed E-state index contributed by atoms with van der Waals surface area (Å²) in [5.74, 6) is 1.42. The molecule has 1 aromatic carbocycles. The Balaban J connectivity index is 2.05. The number of nitrogens with zero attached hydrogens (tertiary/aromatic N) is 2. The molecule has 0 radical (unpaired) electrons. The van der Waals surface area contributed by atoms with Crippen LogP contribution in [0.3, 0.4) is 0 Å². The lowest BCUT2D eigenvalue weighted by atomic mass is 10.1. The predicted molar refractivity (Wildman–Crippen MR) is 84.8 cm³/mol. The largest absolute Gasteiger partial charge is 0.356 e. The van der Waals surface area contributed by atoms with E-state index in [1.54, 1.807) is 7.05 Å². The second-order valence-corrected chi connectivity index (χ2v) is 5.19. The molecular formula is C16H22N4. The number of nitrogens with one attached hydrogen (secondary N) is 2. The van der Waals surface area contributed by atoms with Gasteiger partial charge >= 0.3 is 0 Å². The quantitative estimate of drug-likeness (QED) is 0.663. The van der Waals surface area contributed by atoms with Crippen molar-refractivity contribution in [1.29, 1.82) is 0 Å². The molecule has 2 N–H and O–H groups in total. The third-order valence-electron chi connectivity index (χ3n) is 3.06. The van der Waals surface area contributed by atoms with Crippen molar-refractivity contribution >= 4 is 16.9 Å². The first kappa shape index (κ1) is 14.3. The van der Waals surface area contributed by atoms with Crippen LogP contribution in [0.15, 0.2) is 41.5 Å². The third-order valence-corrected chi connectivity index (χ3v) is 3.06. The lowest BCUT2D eigenvalue weighted by Crippen LogP contribution is -2.38. The molecule has 0 unspecified atom stereocenters. The molecule has 0 spiro atoms. The fourth-order valence-electron chi connectivity index (χ4n) is 2.01. The van der Waals surface area contributed by atoms with Crippen LogP contribution in [0.4, 0.5) is 0 Å². The first-order valence-corrected chi connectivity index (χ1v) is 6.98. The van der Waals surface area contributed by atoms with E-state index in [1.165, 1.54) is 5.56 Å². The fourth-order valence-corrected chi connectivity index (χ4v) is 2.01. The van der Waals surface area contributed by atoms with E-state index in [-0.39, 0.29) is 0 Å². The predicted octanol–water partition coefficient (Wildman–Crippen LogP) is 2.56. The molecule has 0 saturated heterocycles. The summed E-state index contributed by atoms with van der Waals surface area (Å²) in [5.41, 5.74) is 2.22. The van der Waals surface area contributed by atoms with E-state index >= 15 is 0 Å². The van der Waals surface area contributed by atoms with Crippen molar-refractivity contribution < 1.29 is 0 Å². The van der Waals surface area contributed by atoms with Crippen molar-refractivity contribution in [3.05, 3.63) is 42.1 Å². The summed E-state index contributed by atoms with van der Waals surface area (Å²) in [6.07, 6.45) is 1.83. The monoisotopic (exact) mass is 270 g/mol. The number of para-hydroxylation sites is 1. The normalized spacial score (nSPS) is 11.9. The SMILES string of the molecule is CN=C(NCc1cccc2cccnc12)NCC(C)C. The van der Waals surface area contributed by atoms with Gasteiger partial charge < -0.3 is 10.6 Å². The molecule has 1 heterocycles. The van der Waals surface area contributed by atoms with Crippen molar-refractivity contribution in [2.75, 3.05) is 13.6 Å². The van der Waals surface area contributed by atoms with E-state index in [2.05, 4.69) is 58.7 Å². The lowest BCUT2D eigenvalue weighted by Gasteiger charge is -2.14. The fraction of sp³-hybridized carbons (Fsp3) is 0.375. The van der Waals surface area contributed by atoms with Crippen LogP contribution < -0.4 is 10.6 Å². The molecular weight excluding hydrogens is 248 g/mol. The highest BCUT2D eigenvalue weighted by Gasteiger charge is 2.03. The van der Waals surface area contributed by atoms with Gasteiger partial charge in [-0.2, -0.15) is 0 Å². The number of pyridine rings is 1. The Hall–Kier alpha value is -2.10. The second-order valence-electron chi connectivity index (χ2n) is 5.19. The molecule has 0 atom stereocenters. The van der Waals surface area contributed by atoms with Gasteiger partial charge in [0.2, 0.25) is 0 Å². The summed E-state index contributed by atoms with van der Waals surface area (Å²) >= 11 is 0. The molecule has 4 heteroatoms. The summed E-state index contributed by atoms with van der Waals surface area (Å²) in [4.78, 5) is 8.69. The van der Waals surface area contributed by atoms with Gasteiger partial charge in [-0.1, -0.05) is 38.1 Å². The minimum atomic E-state index is 0.591. The molecule has 1 aromatic heterocycles. The summed E-state index contributed by atoms with van der Waals surface area (Å²) < 4.78 is 0. The number of hydrogen-bond acceptors (Lipinski definition) is 2. The van der Waals surface area contributed by atoms with Gasteiger partial charge in [-0.15, -0.1) is 0 Å². The molecule has 2 rings (SSSR count). The molecule has 0 bridgehead atoms. The minimum absolute atomic E-state index is 0.591. The number of rotatable bonds is 4. The van der Waals surface area contributed by atoms with Crippen LogP contribution >= 0.6 is 0 Å². The zero-order valence-corrected chi connectivity index (χ0v) is 12.4. The Kier molecular flexibility index (Phi) is 4.93. The number of benzene rings is 1. The van der Waals surface area contributed by atoms with Crippen LogP contribution in [0.25, 0.3) is 10.9 Å². The van der Waals surface area contributed by atoms with E-state index in [9.17, 15) is 0 Å². The zero-order valence-electron chi connectivity index (χ0n) is 12.4. The van der Waals surface area contributed by atoms with Crippen molar-refractivity contribution in [2.24, 2.45) is 10.9 Å². The Labute approximate surface area is 120 Å². The first-order valence-electron chi connectivity index (χ1n) is 6.98.